The Bertz CT molecular complexity index is 908. The average molecular weight is 310 g/mol. The van der Waals surface area contributed by atoms with E-state index in [-0.39, 0.29) is 19.8 Å². The molecule has 0 aliphatic carbocycles. The molecule has 23 heavy (non-hydrogen) atoms. The molecule has 2 heterocycles. The molecule has 0 aliphatic rings. The Morgan fingerprint density at radius 2 is 2.04 bits per heavy atom. The Hall–Kier alpha value is -3.04. The molecular weight excluding hydrogens is 296 g/mol. The number of hydrogen-bond acceptors (Lipinski definition) is 5. The maximum absolute atomic E-state index is 12.3. The summed E-state index contributed by atoms with van der Waals surface area (Å²) in [5, 5.41) is 18.2. The fourth-order valence-corrected chi connectivity index (χ4v) is 2.54. The van der Waals surface area contributed by atoms with Gasteiger partial charge in [0.05, 0.1) is 29.4 Å². The zero-order chi connectivity index (χ0) is 16.2. The number of pyridine rings is 1. The van der Waals surface area contributed by atoms with Crippen LogP contribution in [-0.4, -0.2) is 35.3 Å². The lowest BCUT2D eigenvalue weighted by Gasteiger charge is -2.05. The van der Waals surface area contributed by atoms with E-state index in [9.17, 15) is 4.79 Å². The molecule has 3 rings (SSSR count). The van der Waals surface area contributed by atoms with Crippen LogP contribution < -0.4 is 4.74 Å². The van der Waals surface area contributed by atoms with Gasteiger partial charge >= 0.3 is 5.97 Å². The monoisotopic (exact) mass is 310 g/mol. The van der Waals surface area contributed by atoms with Crippen LogP contribution in [0.1, 0.15) is 10.4 Å². The fraction of sp³-hybridized carbons (Fsp3) is 0.176. The lowest BCUT2D eigenvalue weighted by Crippen LogP contribution is -2.08. The predicted octanol–water partition coefficient (Wildman–Crippen LogP) is 2.14. The zero-order valence-corrected chi connectivity index (χ0v) is 12.2. The Kier molecular flexibility index (Phi) is 4.13. The summed E-state index contributed by atoms with van der Waals surface area (Å²) in [5.41, 5.74) is 1.96. The highest BCUT2D eigenvalue weighted by atomic mass is 16.5. The molecule has 0 bridgehead atoms. The van der Waals surface area contributed by atoms with Gasteiger partial charge in [0.2, 0.25) is 0 Å². The van der Waals surface area contributed by atoms with Gasteiger partial charge in [0, 0.05) is 5.39 Å². The topological polar surface area (TPSA) is 84.0 Å². The number of carbonyl (C=O) groups excluding carboxylic acids is 1. The average Bonchev–Trinajstić information content (AvgIpc) is 2.91. The number of aliphatic hydroxyl groups is 1. The summed E-state index contributed by atoms with van der Waals surface area (Å²) in [5.74, 6) is 0.0542. The molecule has 0 unspecified atom stereocenters. The summed E-state index contributed by atoms with van der Waals surface area (Å²) in [6.45, 7) is -0.314. The number of rotatable bonds is 5. The number of nitriles is 1. The van der Waals surface area contributed by atoms with Crippen LogP contribution >= 0.6 is 0 Å². The van der Waals surface area contributed by atoms with Crippen molar-refractivity contribution in [3.8, 4) is 11.8 Å². The number of carbonyl (C=O) groups is 1. The van der Waals surface area contributed by atoms with E-state index in [2.05, 4.69) is 0 Å². The van der Waals surface area contributed by atoms with Gasteiger partial charge in [0.25, 0.3) is 0 Å². The van der Waals surface area contributed by atoms with Gasteiger partial charge in [-0.05, 0) is 18.2 Å². The Balaban J connectivity index is 2.18. The Morgan fingerprint density at radius 1 is 1.22 bits per heavy atom. The number of hydrogen-bond donors (Lipinski definition) is 1. The van der Waals surface area contributed by atoms with Crippen LogP contribution in [0.3, 0.4) is 0 Å². The molecule has 0 saturated heterocycles. The van der Waals surface area contributed by atoms with Crippen molar-refractivity contribution in [1.82, 2.24) is 4.40 Å². The van der Waals surface area contributed by atoms with Crippen molar-refractivity contribution < 1.29 is 19.4 Å². The number of aromatic nitrogens is 1. The van der Waals surface area contributed by atoms with Crippen molar-refractivity contribution in [2.24, 2.45) is 0 Å². The van der Waals surface area contributed by atoms with Crippen molar-refractivity contribution in [3.05, 3.63) is 48.2 Å². The molecule has 0 spiro atoms. The highest BCUT2D eigenvalue weighted by molar-refractivity contribution is 6.11. The van der Waals surface area contributed by atoms with Gasteiger partial charge in [-0.2, -0.15) is 5.26 Å². The number of esters is 1. The quantitative estimate of drug-likeness (QED) is 0.730. The van der Waals surface area contributed by atoms with Crippen LogP contribution in [0.5, 0.6) is 5.75 Å². The van der Waals surface area contributed by atoms with Crippen molar-refractivity contribution in [1.29, 1.82) is 5.26 Å². The molecule has 1 aromatic carbocycles. The highest BCUT2D eigenvalue weighted by Crippen LogP contribution is 2.29. The molecule has 6 nitrogen and oxygen atoms in total. The third-order valence-electron chi connectivity index (χ3n) is 3.44. The van der Waals surface area contributed by atoms with Crippen LogP contribution in [0.4, 0.5) is 0 Å². The smallest absolute Gasteiger partial charge is 0.341 e. The molecule has 0 saturated carbocycles. The molecule has 2 aromatic heterocycles. The molecule has 0 amide bonds. The molecule has 116 valence electrons. The molecule has 1 N–H and O–H groups in total. The van der Waals surface area contributed by atoms with Gasteiger partial charge in [0.1, 0.15) is 18.4 Å². The van der Waals surface area contributed by atoms with Gasteiger partial charge in [0.15, 0.2) is 6.61 Å². The van der Waals surface area contributed by atoms with Gasteiger partial charge in [-0.25, -0.2) is 4.79 Å². The van der Waals surface area contributed by atoms with Crippen LogP contribution in [0, 0.1) is 11.3 Å². The second-order valence-electron chi connectivity index (χ2n) is 4.82. The summed E-state index contributed by atoms with van der Waals surface area (Å²) in [4.78, 5) is 12.3. The Labute approximate surface area is 132 Å². The number of ether oxygens (including phenoxy) is 2. The van der Waals surface area contributed by atoms with E-state index in [0.29, 0.717) is 16.8 Å². The summed E-state index contributed by atoms with van der Waals surface area (Å²) in [7, 11) is 0. The lowest BCUT2D eigenvalue weighted by atomic mass is 10.1. The lowest BCUT2D eigenvalue weighted by molar-refractivity contribution is 0.0438. The first-order valence-electron chi connectivity index (χ1n) is 7.07. The minimum atomic E-state index is -0.483. The molecular formula is C17H14N2O4. The van der Waals surface area contributed by atoms with E-state index in [1.165, 1.54) is 0 Å². The maximum Gasteiger partial charge on any atom is 0.341 e. The predicted molar refractivity (Wildman–Crippen MR) is 83.4 cm³/mol. The van der Waals surface area contributed by atoms with Crippen LogP contribution in [0.25, 0.3) is 16.4 Å². The van der Waals surface area contributed by atoms with Crippen LogP contribution in [0.15, 0.2) is 42.6 Å². The fourth-order valence-electron chi connectivity index (χ4n) is 2.54. The minimum absolute atomic E-state index is 0.0455. The van der Waals surface area contributed by atoms with Crippen LogP contribution in [0.2, 0.25) is 0 Å². The third kappa shape index (κ3) is 2.70. The van der Waals surface area contributed by atoms with Crippen molar-refractivity contribution in [3.63, 3.8) is 0 Å². The van der Waals surface area contributed by atoms with E-state index in [4.69, 9.17) is 19.8 Å². The molecule has 0 fully saturated rings. The van der Waals surface area contributed by atoms with E-state index in [1.54, 1.807) is 18.3 Å². The first kappa shape index (κ1) is 14.9. The van der Waals surface area contributed by atoms with E-state index >= 15 is 0 Å². The molecule has 6 heteroatoms. The van der Waals surface area contributed by atoms with E-state index in [1.807, 2.05) is 34.7 Å². The van der Waals surface area contributed by atoms with Gasteiger partial charge < -0.3 is 19.0 Å². The number of aliphatic hydroxyl groups excluding tert-OH is 1. The Morgan fingerprint density at radius 3 is 2.83 bits per heavy atom. The minimum Gasteiger partial charge on any atom is -0.477 e. The van der Waals surface area contributed by atoms with Gasteiger partial charge in [-0.15, -0.1) is 0 Å². The van der Waals surface area contributed by atoms with Gasteiger partial charge in [-0.3, -0.25) is 0 Å². The zero-order valence-electron chi connectivity index (χ0n) is 12.2. The standard InChI is InChI=1S/C17H14N2O4/c18-7-9-22-12-5-6-15-16(17(21)23-10-8-20)13-3-1-2-4-14(13)19(15)11-12/h1-6,11,20H,8-10H2. The summed E-state index contributed by atoms with van der Waals surface area (Å²) in [6.07, 6.45) is 1.73. The number of para-hydroxylation sites is 1. The normalized spacial score (nSPS) is 10.6. The molecule has 0 radical (unpaired) electrons. The number of nitrogens with zero attached hydrogens (tertiary/aromatic N) is 2. The largest absolute Gasteiger partial charge is 0.477 e. The van der Waals surface area contributed by atoms with Crippen molar-refractivity contribution >= 4 is 22.4 Å². The molecule has 0 aliphatic heterocycles. The summed E-state index contributed by atoms with van der Waals surface area (Å²) in [6, 6.07) is 12.8. The second-order valence-corrected chi connectivity index (χ2v) is 4.82. The third-order valence-corrected chi connectivity index (χ3v) is 3.44. The summed E-state index contributed by atoms with van der Waals surface area (Å²) >= 11 is 0. The van der Waals surface area contributed by atoms with E-state index < -0.39 is 5.97 Å². The molecule has 3 aromatic rings. The van der Waals surface area contributed by atoms with Gasteiger partial charge in [-0.1, -0.05) is 18.2 Å². The van der Waals surface area contributed by atoms with E-state index in [0.717, 1.165) is 10.9 Å². The maximum atomic E-state index is 12.3. The van der Waals surface area contributed by atoms with Crippen LogP contribution in [-0.2, 0) is 4.74 Å². The summed E-state index contributed by atoms with van der Waals surface area (Å²) < 4.78 is 12.2. The van der Waals surface area contributed by atoms with Crippen molar-refractivity contribution in [2.45, 2.75) is 0 Å². The number of fused-ring (bicyclic) bond motifs is 3. The second kappa shape index (κ2) is 6.38. The van der Waals surface area contributed by atoms with Crippen molar-refractivity contribution in [2.75, 3.05) is 19.8 Å². The highest BCUT2D eigenvalue weighted by Gasteiger charge is 2.19. The first-order chi connectivity index (χ1) is 11.3. The SMILES string of the molecule is N#CCOc1ccc2c(C(=O)OCCO)c3ccccc3n2c1. The first-order valence-corrected chi connectivity index (χ1v) is 7.07. The number of benzene rings is 1. The molecule has 0 atom stereocenters.